The standard InChI is InChI=1S/C19H30N4O3S/c1-5-19(20,6-2)12-21-18(24)15(11-13(3)4)22-17-14-9-7-8-10-16(14)27(25,26)23-17/h7-10,13,15H,5-6,11-12,20H2,1-4H3,(H,21,24)(H,22,23). The Kier molecular flexibility index (Phi) is 6.64. The van der Waals surface area contributed by atoms with Gasteiger partial charge in [-0.3, -0.25) is 14.5 Å². The van der Waals surface area contributed by atoms with Gasteiger partial charge in [0, 0.05) is 17.6 Å². The summed E-state index contributed by atoms with van der Waals surface area (Å²) in [6.45, 7) is 8.34. The summed E-state index contributed by atoms with van der Waals surface area (Å²) in [7, 11) is -3.63. The number of carbonyl (C=O) groups excluding carboxylic acids is 1. The summed E-state index contributed by atoms with van der Waals surface area (Å²) in [6.07, 6.45) is 2.01. The van der Waals surface area contributed by atoms with Crippen molar-refractivity contribution in [1.82, 2.24) is 10.0 Å². The molecule has 1 aliphatic rings. The molecule has 1 aromatic rings. The average Bonchev–Trinajstić information content (AvgIpc) is 2.89. The van der Waals surface area contributed by atoms with Crippen LogP contribution in [-0.4, -0.2) is 38.3 Å². The van der Waals surface area contributed by atoms with Crippen LogP contribution in [0.2, 0.25) is 0 Å². The molecule has 4 N–H and O–H groups in total. The lowest BCUT2D eigenvalue weighted by atomic mass is 9.94. The number of rotatable bonds is 8. The van der Waals surface area contributed by atoms with Crippen LogP contribution in [0.3, 0.4) is 0 Å². The van der Waals surface area contributed by atoms with Crippen molar-refractivity contribution in [3.8, 4) is 0 Å². The van der Waals surface area contributed by atoms with Gasteiger partial charge in [-0.1, -0.05) is 39.8 Å². The molecule has 0 saturated carbocycles. The lowest BCUT2D eigenvalue weighted by Gasteiger charge is -2.27. The van der Waals surface area contributed by atoms with Crippen LogP contribution in [0.5, 0.6) is 0 Å². The summed E-state index contributed by atoms with van der Waals surface area (Å²) < 4.78 is 27.0. The predicted octanol–water partition coefficient (Wildman–Crippen LogP) is 1.77. The van der Waals surface area contributed by atoms with E-state index in [0.717, 1.165) is 12.8 Å². The van der Waals surface area contributed by atoms with E-state index < -0.39 is 21.6 Å². The Balaban J connectivity index is 2.27. The first-order valence-corrected chi connectivity index (χ1v) is 10.9. The molecule has 1 aliphatic heterocycles. The van der Waals surface area contributed by atoms with Gasteiger partial charge in [0.1, 0.15) is 11.9 Å². The molecule has 0 bridgehead atoms. The van der Waals surface area contributed by atoms with E-state index in [0.29, 0.717) is 18.5 Å². The van der Waals surface area contributed by atoms with Crippen molar-refractivity contribution in [2.24, 2.45) is 16.6 Å². The number of fused-ring (bicyclic) bond motifs is 1. The minimum Gasteiger partial charge on any atom is -0.352 e. The molecular formula is C19H30N4O3S. The van der Waals surface area contributed by atoms with E-state index in [4.69, 9.17) is 5.73 Å². The predicted molar refractivity (Wildman–Crippen MR) is 107 cm³/mol. The number of amides is 1. The minimum absolute atomic E-state index is 0.186. The number of carbonyl (C=O) groups is 1. The zero-order valence-electron chi connectivity index (χ0n) is 16.5. The van der Waals surface area contributed by atoms with E-state index in [1.165, 1.54) is 6.07 Å². The first kappa shape index (κ1) is 21.4. The summed E-state index contributed by atoms with van der Waals surface area (Å²) in [5.41, 5.74) is 6.31. The van der Waals surface area contributed by atoms with Crippen molar-refractivity contribution in [2.45, 2.75) is 63.4 Å². The monoisotopic (exact) mass is 394 g/mol. The second kappa shape index (κ2) is 8.39. The van der Waals surface area contributed by atoms with Gasteiger partial charge in [0.15, 0.2) is 0 Å². The van der Waals surface area contributed by atoms with Gasteiger partial charge in [0.25, 0.3) is 10.0 Å². The van der Waals surface area contributed by atoms with Crippen LogP contribution in [0, 0.1) is 5.92 Å². The van der Waals surface area contributed by atoms with E-state index in [1.807, 2.05) is 27.7 Å². The molecule has 1 heterocycles. The molecule has 0 saturated heterocycles. The van der Waals surface area contributed by atoms with Crippen LogP contribution in [0.15, 0.2) is 34.2 Å². The third kappa shape index (κ3) is 5.07. The number of nitrogens with two attached hydrogens (primary N) is 1. The van der Waals surface area contributed by atoms with E-state index in [9.17, 15) is 13.2 Å². The Morgan fingerprint density at radius 1 is 1.26 bits per heavy atom. The van der Waals surface area contributed by atoms with Crippen LogP contribution in [0.1, 0.15) is 52.5 Å². The summed E-state index contributed by atoms with van der Waals surface area (Å²) in [5.74, 6) is 0.200. The van der Waals surface area contributed by atoms with Crippen molar-refractivity contribution in [3.63, 3.8) is 0 Å². The second-order valence-corrected chi connectivity index (χ2v) is 9.16. The van der Waals surface area contributed by atoms with Crippen LogP contribution in [0.25, 0.3) is 0 Å². The zero-order valence-corrected chi connectivity index (χ0v) is 17.3. The number of nitrogens with one attached hydrogen (secondary N) is 2. The van der Waals surface area contributed by atoms with E-state index >= 15 is 0 Å². The highest BCUT2D eigenvalue weighted by molar-refractivity contribution is 7.90. The van der Waals surface area contributed by atoms with Gasteiger partial charge in [0.05, 0.1) is 4.90 Å². The first-order chi connectivity index (χ1) is 12.6. The lowest BCUT2D eigenvalue weighted by Crippen LogP contribution is -2.51. The summed E-state index contributed by atoms with van der Waals surface area (Å²) in [4.78, 5) is 17.4. The Morgan fingerprint density at radius 3 is 2.48 bits per heavy atom. The van der Waals surface area contributed by atoms with Crippen molar-refractivity contribution in [2.75, 3.05) is 6.54 Å². The Bertz CT molecular complexity index is 814. The van der Waals surface area contributed by atoms with Crippen molar-refractivity contribution in [3.05, 3.63) is 29.8 Å². The van der Waals surface area contributed by atoms with Gasteiger partial charge < -0.3 is 11.1 Å². The molecule has 0 aromatic heterocycles. The van der Waals surface area contributed by atoms with Crippen molar-refractivity contribution >= 4 is 21.8 Å². The number of hydrogen-bond donors (Lipinski definition) is 3. The molecule has 150 valence electrons. The van der Waals surface area contributed by atoms with Crippen LogP contribution in [-0.2, 0) is 14.8 Å². The van der Waals surface area contributed by atoms with Crippen LogP contribution < -0.4 is 15.8 Å². The average molecular weight is 395 g/mol. The largest absolute Gasteiger partial charge is 0.352 e. The molecule has 7 nitrogen and oxygen atoms in total. The highest BCUT2D eigenvalue weighted by atomic mass is 32.2. The van der Waals surface area contributed by atoms with E-state index in [2.05, 4.69) is 15.0 Å². The molecule has 1 atom stereocenters. The molecule has 0 aliphatic carbocycles. The third-order valence-corrected chi connectivity index (χ3v) is 6.37. The van der Waals surface area contributed by atoms with Crippen molar-refractivity contribution in [1.29, 1.82) is 0 Å². The maximum absolute atomic E-state index is 12.8. The fourth-order valence-corrected chi connectivity index (χ4v) is 4.17. The minimum atomic E-state index is -3.63. The number of sulfonamides is 1. The molecule has 0 spiro atoms. The lowest BCUT2D eigenvalue weighted by molar-refractivity contribution is -0.122. The Morgan fingerprint density at radius 2 is 1.89 bits per heavy atom. The molecule has 1 aromatic carbocycles. The van der Waals surface area contributed by atoms with E-state index in [1.54, 1.807) is 18.2 Å². The molecule has 1 amide bonds. The topological polar surface area (TPSA) is 114 Å². The zero-order chi connectivity index (χ0) is 20.2. The number of aliphatic imine (C=N–C) groups is 1. The maximum atomic E-state index is 12.8. The van der Waals surface area contributed by atoms with Gasteiger partial charge in [-0.2, -0.15) is 0 Å². The van der Waals surface area contributed by atoms with Crippen LogP contribution >= 0.6 is 0 Å². The summed E-state index contributed by atoms with van der Waals surface area (Å²) >= 11 is 0. The van der Waals surface area contributed by atoms with Gasteiger partial charge in [0.2, 0.25) is 5.91 Å². The smallest absolute Gasteiger partial charge is 0.263 e. The molecule has 0 radical (unpaired) electrons. The summed E-state index contributed by atoms with van der Waals surface area (Å²) in [6, 6.07) is 5.94. The first-order valence-electron chi connectivity index (χ1n) is 9.38. The van der Waals surface area contributed by atoms with Gasteiger partial charge >= 0.3 is 0 Å². The Hall–Kier alpha value is -1.93. The second-order valence-electron chi connectivity index (χ2n) is 7.51. The summed E-state index contributed by atoms with van der Waals surface area (Å²) in [5, 5.41) is 2.90. The SMILES string of the molecule is CCC(N)(CC)CNC(=O)C(CC(C)C)N=C1NS(=O)(=O)c2ccccc21. The quantitative estimate of drug-likeness (QED) is 0.623. The van der Waals surface area contributed by atoms with Crippen molar-refractivity contribution < 1.29 is 13.2 Å². The van der Waals surface area contributed by atoms with Gasteiger partial charge in [-0.15, -0.1) is 0 Å². The van der Waals surface area contributed by atoms with E-state index in [-0.39, 0.29) is 22.6 Å². The maximum Gasteiger partial charge on any atom is 0.263 e. The number of nitrogens with zero attached hydrogens (tertiary/aromatic N) is 1. The number of hydrogen-bond acceptors (Lipinski definition) is 5. The molecule has 1 unspecified atom stereocenters. The normalized spacial score (nSPS) is 18.2. The highest BCUT2D eigenvalue weighted by Crippen LogP contribution is 2.23. The van der Waals surface area contributed by atoms with Crippen LogP contribution in [0.4, 0.5) is 0 Å². The Labute approximate surface area is 161 Å². The third-order valence-electron chi connectivity index (χ3n) is 4.97. The number of benzene rings is 1. The molecule has 2 rings (SSSR count). The molecule has 27 heavy (non-hydrogen) atoms. The fraction of sp³-hybridized carbons (Fsp3) is 0.579. The van der Waals surface area contributed by atoms with Gasteiger partial charge in [-0.25, -0.2) is 8.42 Å². The molecular weight excluding hydrogens is 364 g/mol. The number of amidine groups is 1. The molecule has 8 heteroatoms. The van der Waals surface area contributed by atoms with Gasteiger partial charge in [-0.05, 0) is 37.3 Å². The fourth-order valence-electron chi connectivity index (χ4n) is 2.93. The molecule has 0 fully saturated rings. The highest BCUT2D eigenvalue weighted by Gasteiger charge is 2.32.